The van der Waals surface area contributed by atoms with E-state index in [1.54, 1.807) is 6.07 Å². The standard InChI is InChI=1S/C19H15Cl2F3N2O2/c1-2-10-5-11(3-4-15(10)17(25)27)16-9-18(28-26-16,19(22,23)24)12-6-13(20)8-14(21)7-12/h3-9,26H,2H2,1H3,(H2,25,27). The Balaban J connectivity index is 2.13. The summed E-state index contributed by atoms with van der Waals surface area (Å²) in [6, 6.07) is 8.20. The van der Waals surface area contributed by atoms with Crippen LogP contribution >= 0.6 is 23.2 Å². The number of benzene rings is 2. The number of halogens is 5. The van der Waals surface area contributed by atoms with Gasteiger partial charge >= 0.3 is 6.18 Å². The summed E-state index contributed by atoms with van der Waals surface area (Å²) in [5.74, 6) is -0.605. The molecule has 1 aliphatic heterocycles. The lowest BCUT2D eigenvalue weighted by Crippen LogP contribution is -2.42. The Morgan fingerprint density at radius 3 is 2.36 bits per heavy atom. The maximum absolute atomic E-state index is 14.0. The molecule has 1 unspecified atom stereocenters. The highest BCUT2D eigenvalue weighted by molar-refractivity contribution is 6.34. The van der Waals surface area contributed by atoms with Gasteiger partial charge in [0.25, 0.3) is 0 Å². The number of carbonyl (C=O) groups excluding carboxylic acids is 1. The molecular formula is C19H15Cl2F3N2O2. The average Bonchev–Trinajstić information content (AvgIpc) is 3.07. The third-order valence-electron chi connectivity index (χ3n) is 4.44. The summed E-state index contributed by atoms with van der Waals surface area (Å²) in [4.78, 5) is 16.5. The van der Waals surface area contributed by atoms with E-state index in [1.807, 2.05) is 6.92 Å². The largest absolute Gasteiger partial charge is 0.428 e. The number of primary amides is 1. The number of nitrogens with two attached hydrogens (primary N) is 1. The molecular weight excluding hydrogens is 416 g/mol. The molecule has 0 radical (unpaired) electrons. The lowest BCUT2D eigenvalue weighted by molar-refractivity contribution is -0.269. The third-order valence-corrected chi connectivity index (χ3v) is 4.88. The second-order valence-electron chi connectivity index (χ2n) is 6.24. The number of nitrogens with one attached hydrogen (secondary N) is 1. The quantitative estimate of drug-likeness (QED) is 0.717. The van der Waals surface area contributed by atoms with Crippen LogP contribution in [-0.2, 0) is 16.9 Å². The molecule has 3 N–H and O–H groups in total. The molecule has 0 bridgehead atoms. The van der Waals surface area contributed by atoms with Crippen molar-refractivity contribution in [1.29, 1.82) is 0 Å². The first-order valence-corrected chi connectivity index (χ1v) is 8.96. The van der Waals surface area contributed by atoms with Gasteiger partial charge in [0, 0.05) is 26.7 Å². The van der Waals surface area contributed by atoms with Gasteiger partial charge in [-0.05, 0) is 48.4 Å². The summed E-state index contributed by atoms with van der Waals surface area (Å²) in [7, 11) is 0. The topological polar surface area (TPSA) is 64.3 Å². The predicted molar refractivity (Wildman–Crippen MR) is 101 cm³/mol. The van der Waals surface area contributed by atoms with Crippen LogP contribution in [0.4, 0.5) is 13.2 Å². The van der Waals surface area contributed by atoms with Crippen molar-refractivity contribution in [3.8, 4) is 0 Å². The summed E-state index contributed by atoms with van der Waals surface area (Å²) in [6.45, 7) is 1.81. The predicted octanol–water partition coefficient (Wildman–Crippen LogP) is 4.99. The van der Waals surface area contributed by atoms with Crippen LogP contribution < -0.4 is 11.2 Å². The molecule has 0 fully saturated rings. The first kappa shape index (κ1) is 20.5. The zero-order chi connectivity index (χ0) is 20.7. The van der Waals surface area contributed by atoms with Crippen LogP contribution in [0, 0.1) is 0 Å². The normalized spacial score (nSPS) is 19.3. The minimum absolute atomic E-state index is 0.0515. The van der Waals surface area contributed by atoms with Crippen molar-refractivity contribution in [3.63, 3.8) is 0 Å². The summed E-state index contributed by atoms with van der Waals surface area (Å²) in [5, 5.41) is 0.103. The van der Waals surface area contributed by atoms with E-state index in [2.05, 4.69) is 5.48 Å². The Morgan fingerprint density at radius 1 is 1.18 bits per heavy atom. The van der Waals surface area contributed by atoms with Crippen molar-refractivity contribution < 1.29 is 22.8 Å². The summed E-state index contributed by atoms with van der Waals surface area (Å²) >= 11 is 11.8. The minimum Gasteiger partial charge on any atom is -0.366 e. The molecule has 28 heavy (non-hydrogen) atoms. The number of carbonyl (C=O) groups is 1. The van der Waals surface area contributed by atoms with Gasteiger partial charge in [0.05, 0.1) is 5.70 Å². The molecule has 4 nitrogen and oxygen atoms in total. The minimum atomic E-state index is -4.80. The number of hydroxylamine groups is 1. The van der Waals surface area contributed by atoms with Gasteiger partial charge in [-0.2, -0.15) is 13.2 Å². The van der Waals surface area contributed by atoms with Crippen LogP contribution in [0.1, 0.15) is 34.0 Å². The molecule has 2 aromatic rings. The van der Waals surface area contributed by atoms with Crippen molar-refractivity contribution in [2.24, 2.45) is 5.73 Å². The van der Waals surface area contributed by atoms with Gasteiger partial charge in [-0.15, -0.1) is 0 Å². The lowest BCUT2D eigenvalue weighted by atomic mass is 9.91. The lowest BCUT2D eigenvalue weighted by Gasteiger charge is -2.28. The van der Waals surface area contributed by atoms with Crippen molar-refractivity contribution in [3.05, 3.63) is 74.8 Å². The molecule has 1 atom stereocenters. The Kier molecular flexibility index (Phi) is 5.36. The van der Waals surface area contributed by atoms with Gasteiger partial charge in [-0.3, -0.25) is 15.1 Å². The maximum Gasteiger partial charge on any atom is 0.428 e. The molecule has 0 saturated carbocycles. The average molecular weight is 431 g/mol. The monoisotopic (exact) mass is 430 g/mol. The highest BCUT2D eigenvalue weighted by Gasteiger charge is 2.59. The van der Waals surface area contributed by atoms with Crippen LogP contribution in [-0.4, -0.2) is 12.1 Å². The molecule has 1 aliphatic rings. The van der Waals surface area contributed by atoms with Crippen molar-refractivity contribution in [2.75, 3.05) is 0 Å². The van der Waals surface area contributed by atoms with Gasteiger partial charge in [0.15, 0.2) is 0 Å². The highest BCUT2D eigenvalue weighted by Crippen LogP contribution is 2.48. The first-order valence-electron chi connectivity index (χ1n) is 8.20. The second kappa shape index (κ2) is 7.31. The second-order valence-corrected chi connectivity index (χ2v) is 7.12. The number of rotatable bonds is 4. The van der Waals surface area contributed by atoms with Crippen molar-refractivity contribution >= 4 is 34.8 Å². The van der Waals surface area contributed by atoms with Gasteiger partial charge in [-0.1, -0.05) is 36.2 Å². The highest BCUT2D eigenvalue weighted by atomic mass is 35.5. The van der Waals surface area contributed by atoms with Crippen molar-refractivity contribution in [2.45, 2.75) is 25.1 Å². The van der Waals surface area contributed by atoms with Crippen LogP contribution in [0.2, 0.25) is 10.0 Å². The molecule has 1 heterocycles. The van der Waals surface area contributed by atoms with Crippen molar-refractivity contribution in [1.82, 2.24) is 5.48 Å². The van der Waals surface area contributed by atoms with Gasteiger partial charge in [0.1, 0.15) is 0 Å². The molecule has 3 rings (SSSR count). The van der Waals surface area contributed by atoms with E-state index in [9.17, 15) is 18.0 Å². The van der Waals surface area contributed by atoms with Crippen LogP contribution in [0.15, 0.2) is 42.5 Å². The number of amides is 1. The van der Waals surface area contributed by atoms with E-state index in [1.165, 1.54) is 18.2 Å². The van der Waals surface area contributed by atoms with Gasteiger partial charge < -0.3 is 5.73 Å². The molecule has 1 amide bonds. The van der Waals surface area contributed by atoms with E-state index in [0.29, 0.717) is 23.1 Å². The Bertz CT molecular complexity index is 956. The Labute approximate surface area is 169 Å². The van der Waals surface area contributed by atoms with Gasteiger partial charge in [-0.25, -0.2) is 0 Å². The molecule has 9 heteroatoms. The molecule has 0 aliphatic carbocycles. The molecule has 148 valence electrons. The number of aryl methyl sites for hydroxylation is 1. The van der Waals surface area contributed by atoms with Crippen LogP contribution in [0.5, 0.6) is 0 Å². The van der Waals surface area contributed by atoms with E-state index >= 15 is 0 Å². The van der Waals surface area contributed by atoms with E-state index in [0.717, 1.165) is 18.2 Å². The van der Waals surface area contributed by atoms with E-state index in [4.69, 9.17) is 33.8 Å². The summed E-state index contributed by atoms with van der Waals surface area (Å²) in [5.41, 5.74) is 6.09. The van der Waals surface area contributed by atoms with Crippen LogP contribution in [0.25, 0.3) is 5.70 Å². The maximum atomic E-state index is 14.0. The SMILES string of the molecule is CCc1cc(C2=CC(c3cc(Cl)cc(Cl)c3)(C(F)(F)F)ON2)ccc1C(N)=O. The van der Waals surface area contributed by atoms with Crippen LogP contribution in [0.3, 0.4) is 0 Å². The molecule has 0 saturated heterocycles. The molecule has 0 aromatic heterocycles. The Hall–Kier alpha value is -2.22. The number of alkyl halides is 3. The number of hydrogen-bond donors (Lipinski definition) is 2. The Morgan fingerprint density at radius 2 is 1.82 bits per heavy atom. The fourth-order valence-corrected chi connectivity index (χ4v) is 3.57. The fraction of sp³-hybridized carbons (Fsp3) is 0.211. The fourth-order valence-electron chi connectivity index (χ4n) is 3.05. The van der Waals surface area contributed by atoms with E-state index < -0.39 is 17.7 Å². The zero-order valence-electron chi connectivity index (χ0n) is 14.5. The van der Waals surface area contributed by atoms with E-state index in [-0.39, 0.29) is 21.3 Å². The smallest absolute Gasteiger partial charge is 0.366 e. The molecule has 0 spiro atoms. The third kappa shape index (κ3) is 3.57. The summed E-state index contributed by atoms with van der Waals surface area (Å²) in [6.07, 6.45) is -3.39. The number of hydrogen-bond acceptors (Lipinski definition) is 3. The zero-order valence-corrected chi connectivity index (χ0v) is 16.0. The molecule has 2 aromatic carbocycles. The first-order chi connectivity index (χ1) is 13.1. The van der Waals surface area contributed by atoms with Gasteiger partial charge in [0.2, 0.25) is 11.5 Å². The summed E-state index contributed by atoms with van der Waals surface area (Å²) < 4.78 is 42.0.